The van der Waals surface area contributed by atoms with Crippen LogP contribution in [-0.4, -0.2) is 28.5 Å². The maximum atomic E-state index is 9.33. The van der Waals surface area contributed by atoms with Crippen LogP contribution < -0.4 is 5.73 Å². The van der Waals surface area contributed by atoms with Gasteiger partial charge in [-0.3, -0.25) is 0 Å². The van der Waals surface area contributed by atoms with E-state index in [1.165, 1.54) is 5.57 Å². The van der Waals surface area contributed by atoms with Gasteiger partial charge >= 0.3 is 0 Å². The van der Waals surface area contributed by atoms with Gasteiger partial charge in [0.2, 0.25) is 0 Å². The summed E-state index contributed by atoms with van der Waals surface area (Å²) in [5.74, 6) is 0. The zero-order valence-corrected chi connectivity index (χ0v) is 7.40. The number of aliphatic hydroxyl groups excluding tert-OH is 2. The molecule has 3 nitrogen and oxygen atoms in total. The Hall–Kier alpha value is -0.380. The third-order valence-electron chi connectivity index (χ3n) is 2.15. The van der Waals surface area contributed by atoms with E-state index in [0.29, 0.717) is 12.8 Å². The standard InChI is InChI=1S/C9H17NO2/c1-6(10)4-7-2-3-8(11)9(12)5-7/h2,6,8-9,11-12H,3-5,10H2,1H3. The molecule has 0 aromatic heterocycles. The van der Waals surface area contributed by atoms with E-state index < -0.39 is 12.2 Å². The lowest BCUT2D eigenvalue weighted by atomic mass is 9.91. The first-order chi connectivity index (χ1) is 5.59. The van der Waals surface area contributed by atoms with Crippen LogP contribution >= 0.6 is 0 Å². The van der Waals surface area contributed by atoms with Crippen molar-refractivity contribution in [3.63, 3.8) is 0 Å². The average molecular weight is 171 g/mol. The fourth-order valence-corrected chi connectivity index (χ4v) is 1.51. The Bertz CT molecular complexity index is 177. The van der Waals surface area contributed by atoms with Crippen LogP contribution in [0.15, 0.2) is 11.6 Å². The Kier molecular flexibility index (Phi) is 3.26. The molecule has 0 bridgehead atoms. The molecule has 0 heterocycles. The third kappa shape index (κ3) is 2.59. The monoisotopic (exact) mass is 171 g/mol. The van der Waals surface area contributed by atoms with Gasteiger partial charge in [-0.2, -0.15) is 0 Å². The molecular weight excluding hydrogens is 154 g/mol. The first-order valence-electron chi connectivity index (χ1n) is 4.39. The van der Waals surface area contributed by atoms with E-state index in [2.05, 4.69) is 0 Å². The summed E-state index contributed by atoms with van der Waals surface area (Å²) in [5, 5.41) is 18.5. The summed E-state index contributed by atoms with van der Waals surface area (Å²) in [4.78, 5) is 0. The average Bonchev–Trinajstić information content (AvgIpc) is 1.96. The molecule has 0 aromatic carbocycles. The minimum absolute atomic E-state index is 0.138. The van der Waals surface area contributed by atoms with Gasteiger partial charge in [-0.15, -0.1) is 0 Å². The van der Waals surface area contributed by atoms with E-state index in [9.17, 15) is 10.2 Å². The van der Waals surface area contributed by atoms with Crippen LogP contribution in [0.2, 0.25) is 0 Å². The van der Waals surface area contributed by atoms with Gasteiger partial charge in [0.15, 0.2) is 0 Å². The molecule has 0 saturated heterocycles. The van der Waals surface area contributed by atoms with Gasteiger partial charge in [-0.25, -0.2) is 0 Å². The molecule has 70 valence electrons. The van der Waals surface area contributed by atoms with Crippen LogP contribution in [-0.2, 0) is 0 Å². The van der Waals surface area contributed by atoms with Crippen LogP contribution in [0.3, 0.4) is 0 Å². The zero-order chi connectivity index (χ0) is 9.14. The minimum Gasteiger partial charge on any atom is -0.390 e. The Morgan fingerprint density at radius 2 is 2.25 bits per heavy atom. The van der Waals surface area contributed by atoms with Crippen LogP contribution in [0, 0.1) is 0 Å². The summed E-state index contributed by atoms with van der Waals surface area (Å²) in [5.41, 5.74) is 6.79. The predicted molar refractivity (Wildman–Crippen MR) is 47.6 cm³/mol. The number of nitrogens with two attached hydrogens (primary N) is 1. The topological polar surface area (TPSA) is 66.5 Å². The van der Waals surface area contributed by atoms with E-state index in [4.69, 9.17) is 5.73 Å². The summed E-state index contributed by atoms with van der Waals surface area (Å²) < 4.78 is 0. The summed E-state index contributed by atoms with van der Waals surface area (Å²) in [7, 11) is 0. The highest BCUT2D eigenvalue weighted by molar-refractivity contribution is 5.10. The first-order valence-corrected chi connectivity index (χ1v) is 4.39. The Labute approximate surface area is 72.9 Å². The van der Waals surface area contributed by atoms with E-state index in [1.54, 1.807) is 0 Å². The smallest absolute Gasteiger partial charge is 0.0839 e. The van der Waals surface area contributed by atoms with Crippen molar-refractivity contribution in [1.29, 1.82) is 0 Å². The second-order valence-corrected chi connectivity index (χ2v) is 3.62. The van der Waals surface area contributed by atoms with Crippen LogP contribution in [0.25, 0.3) is 0 Å². The van der Waals surface area contributed by atoms with Gasteiger partial charge in [-0.1, -0.05) is 11.6 Å². The highest BCUT2D eigenvalue weighted by atomic mass is 16.3. The Morgan fingerprint density at radius 1 is 1.58 bits per heavy atom. The lowest BCUT2D eigenvalue weighted by Crippen LogP contribution is -2.30. The van der Waals surface area contributed by atoms with Crippen molar-refractivity contribution in [1.82, 2.24) is 0 Å². The molecule has 12 heavy (non-hydrogen) atoms. The van der Waals surface area contributed by atoms with Gasteiger partial charge in [-0.05, 0) is 26.2 Å². The molecule has 0 saturated carbocycles. The van der Waals surface area contributed by atoms with Crippen molar-refractivity contribution in [2.24, 2.45) is 5.73 Å². The van der Waals surface area contributed by atoms with Gasteiger partial charge in [0, 0.05) is 6.04 Å². The lowest BCUT2D eigenvalue weighted by molar-refractivity contribution is 0.0161. The molecule has 3 atom stereocenters. The maximum Gasteiger partial charge on any atom is 0.0839 e. The number of hydrogen-bond acceptors (Lipinski definition) is 3. The maximum absolute atomic E-state index is 9.33. The van der Waals surface area contributed by atoms with Gasteiger partial charge in [0.1, 0.15) is 0 Å². The molecule has 0 amide bonds. The molecule has 0 aliphatic heterocycles. The van der Waals surface area contributed by atoms with Crippen LogP contribution in [0.1, 0.15) is 26.2 Å². The quantitative estimate of drug-likeness (QED) is 0.519. The molecule has 3 heteroatoms. The van der Waals surface area contributed by atoms with Crippen LogP contribution in [0.5, 0.6) is 0 Å². The summed E-state index contributed by atoms with van der Waals surface area (Å²) >= 11 is 0. The van der Waals surface area contributed by atoms with Crippen molar-refractivity contribution in [3.05, 3.63) is 11.6 Å². The second-order valence-electron chi connectivity index (χ2n) is 3.62. The molecular formula is C9H17NO2. The normalized spacial score (nSPS) is 32.8. The molecule has 4 N–H and O–H groups in total. The second kappa shape index (κ2) is 4.03. The number of hydrogen-bond donors (Lipinski definition) is 3. The SMILES string of the molecule is CC(N)CC1=CCC(O)C(O)C1. The van der Waals surface area contributed by atoms with Gasteiger partial charge in [0.25, 0.3) is 0 Å². The largest absolute Gasteiger partial charge is 0.390 e. The van der Waals surface area contributed by atoms with E-state index >= 15 is 0 Å². The molecule has 1 aliphatic carbocycles. The van der Waals surface area contributed by atoms with Crippen molar-refractivity contribution in [2.75, 3.05) is 0 Å². The zero-order valence-electron chi connectivity index (χ0n) is 7.40. The van der Waals surface area contributed by atoms with Gasteiger partial charge in [0.05, 0.1) is 12.2 Å². The minimum atomic E-state index is -0.594. The first kappa shape index (κ1) is 9.71. The summed E-state index contributed by atoms with van der Waals surface area (Å²) in [6, 6.07) is 0.138. The molecule has 1 aliphatic rings. The molecule has 0 aromatic rings. The fourth-order valence-electron chi connectivity index (χ4n) is 1.51. The van der Waals surface area contributed by atoms with Crippen molar-refractivity contribution in [2.45, 2.75) is 44.4 Å². The highest BCUT2D eigenvalue weighted by Gasteiger charge is 2.21. The summed E-state index contributed by atoms with van der Waals surface area (Å²) in [6.45, 7) is 1.94. The molecule has 0 radical (unpaired) electrons. The molecule has 1 rings (SSSR count). The van der Waals surface area contributed by atoms with Crippen molar-refractivity contribution < 1.29 is 10.2 Å². The fraction of sp³-hybridized carbons (Fsp3) is 0.778. The van der Waals surface area contributed by atoms with E-state index in [0.717, 1.165) is 6.42 Å². The molecule has 3 unspecified atom stereocenters. The Morgan fingerprint density at radius 3 is 2.75 bits per heavy atom. The third-order valence-corrected chi connectivity index (χ3v) is 2.15. The lowest BCUT2D eigenvalue weighted by Gasteiger charge is -2.24. The molecule has 0 spiro atoms. The number of aliphatic hydroxyl groups is 2. The van der Waals surface area contributed by atoms with E-state index in [-0.39, 0.29) is 6.04 Å². The number of rotatable bonds is 2. The predicted octanol–water partition coefficient (Wildman–Crippen LogP) is 0.166. The Balaban J connectivity index is 2.46. The molecule has 0 fully saturated rings. The van der Waals surface area contributed by atoms with E-state index in [1.807, 2.05) is 13.0 Å². The van der Waals surface area contributed by atoms with Crippen molar-refractivity contribution in [3.8, 4) is 0 Å². The highest BCUT2D eigenvalue weighted by Crippen LogP contribution is 2.21. The van der Waals surface area contributed by atoms with Crippen molar-refractivity contribution >= 4 is 0 Å². The summed E-state index contributed by atoms with van der Waals surface area (Å²) in [6.07, 6.45) is 2.77. The van der Waals surface area contributed by atoms with Gasteiger partial charge < -0.3 is 15.9 Å². The van der Waals surface area contributed by atoms with Crippen LogP contribution in [0.4, 0.5) is 0 Å².